The fourth-order valence-electron chi connectivity index (χ4n) is 2.69. The standard InChI is InChI=1S/C16H21FN2O2/c1-11-6-2-5-9-14(11)19-15(20)10-18-16(21)12-7-3-4-8-13(12)17/h3-4,7-8,11,14H,2,5-6,9-10H2,1H3,(H,18,21)(H,19,20)/t11-,14-/m0/s1. The third-order valence-corrected chi connectivity index (χ3v) is 3.99. The van der Waals surface area contributed by atoms with Crippen LogP contribution in [-0.2, 0) is 4.79 Å². The molecule has 0 bridgehead atoms. The minimum Gasteiger partial charge on any atom is -0.352 e. The molecule has 21 heavy (non-hydrogen) atoms. The maximum absolute atomic E-state index is 13.4. The summed E-state index contributed by atoms with van der Waals surface area (Å²) in [7, 11) is 0. The first-order valence-corrected chi connectivity index (χ1v) is 7.40. The molecule has 1 saturated carbocycles. The van der Waals surface area contributed by atoms with Gasteiger partial charge in [-0.2, -0.15) is 0 Å². The first-order valence-electron chi connectivity index (χ1n) is 7.40. The Labute approximate surface area is 124 Å². The number of amides is 2. The van der Waals surface area contributed by atoms with Gasteiger partial charge in [0.1, 0.15) is 5.82 Å². The lowest BCUT2D eigenvalue weighted by Crippen LogP contribution is -2.45. The van der Waals surface area contributed by atoms with Crippen LogP contribution in [0, 0.1) is 11.7 Å². The molecule has 0 radical (unpaired) electrons. The molecule has 1 aromatic carbocycles. The third kappa shape index (κ3) is 4.28. The molecular weight excluding hydrogens is 271 g/mol. The summed E-state index contributed by atoms with van der Waals surface area (Å²) >= 11 is 0. The van der Waals surface area contributed by atoms with Crippen molar-refractivity contribution in [2.24, 2.45) is 5.92 Å². The molecule has 0 unspecified atom stereocenters. The molecule has 4 nitrogen and oxygen atoms in total. The molecule has 0 heterocycles. The Hall–Kier alpha value is -1.91. The smallest absolute Gasteiger partial charge is 0.254 e. The Morgan fingerprint density at radius 2 is 1.95 bits per heavy atom. The van der Waals surface area contributed by atoms with E-state index in [1.807, 2.05) is 0 Å². The van der Waals surface area contributed by atoms with Gasteiger partial charge in [-0.05, 0) is 30.9 Å². The van der Waals surface area contributed by atoms with Gasteiger partial charge in [-0.1, -0.05) is 31.9 Å². The third-order valence-electron chi connectivity index (χ3n) is 3.99. The number of hydrogen-bond acceptors (Lipinski definition) is 2. The quantitative estimate of drug-likeness (QED) is 0.894. The van der Waals surface area contributed by atoms with Gasteiger partial charge in [0, 0.05) is 6.04 Å². The number of rotatable bonds is 4. The number of carbonyl (C=O) groups excluding carboxylic acids is 2. The summed E-state index contributed by atoms with van der Waals surface area (Å²) in [6, 6.07) is 5.90. The van der Waals surface area contributed by atoms with Crippen LogP contribution in [0.15, 0.2) is 24.3 Å². The lowest BCUT2D eigenvalue weighted by Gasteiger charge is -2.29. The molecule has 1 fully saturated rings. The highest BCUT2D eigenvalue weighted by Gasteiger charge is 2.22. The molecule has 5 heteroatoms. The molecule has 1 aliphatic rings. The van der Waals surface area contributed by atoms with Gasteiger partial charge in [0.15, 0.2) is 0 Å². The maximum atomic E-state index is 13.4. The second-order valence-corrected chi connectivity index (χ2v) is 5.60. The number of benzene rings is 1. The normalized spacial score (nSPS) is 21.6. The molecule has 0 saturated heterocycles. The summed E-state index contributed by atoms with van der Waals surface area (Å²) in [6.45, 7) is 2.00. The first-order chi connectivity index (χ1) is 10.1. The molecular formula is C16H21FN2O2. The van der Waals surface area contributed by atoms with Gasteiger partial charge < -0.3 is 10.6 Å². The van der Waals surface area contributed by atoms with Crippen LogP contribution in [0.4, 0.5) is 4.39 Å². The molecule has 2 N–H and O–H groups in total. The van der Waals surface area contributed by atoms with Gasteiger partial charge in [-0.15, -0.1) is 0 Å². The van der Waals surface area contributed by atoms with Gasteiger partial charge in [-0.3, -0.25) is 9.59 Å². The van der Waals surface area contributed by atoms with Crippen LogP contribution in [0.25, 0.3) is 0 Å². The molecule has 1 aliphatic carbocycles. The monoisotopic (exact) mass is 292 g/mol. The zero-order valence-electron chi connectivity index (χ0n) is 12.2. The number of nitrogens with one attached hydrogen (secondary N) is 2. The average Bonchev–Trinajstić information content (AvgIpc) is 2.48. The zero-order valence-corrected chi connectivity index (χ0v) is 12.2. The summed E-state index contributed by atoms with van der Waals surface area (Å²) in [6.07, 6.45) is 4.43. The fraction of sp³-hybridized carbons (Fsp3) is 0.500. The van der Waals surface area contributed by atoms with Crippen molar-refractivity contribution in [1.29, 1.82) is 0 Å². The second kappa shape index (κ2) is 7.20. The molecule has 2 atom stereocenters. The second-order valence-electron chi connectivity index (χ2n) is 5.60. The first kappa shape index (κ1) is 15.5. The van der Waals surface area contributed by atoms with E-state index in [-0.39, 0.29) is 24.1 Å². The molecule has 2 amide bonds. The Bertz CT molecular complexity index is 519. The summed E-state index contributed by atoms with van der Waals surface area (Å²) in [5, 5.41) is 5.40. The Morgan fingerprint density at radius 1 is 1.24 bits per heavy atom. The topological polar surface area (TPSA) is 58.2 Å². The van der Waals surface area contributed by atoms with E-state index in [1.165, 1.54) is 24.6 Å². The highest BCUT2D eigenvalue weighted by atomic mass is 19.1. The lowest BCUT2D eigenvalue weighted by molar-refractivity contribution is -0.121. The van der Waals surface area contributed by atoms with Gasteiger partial charge in [0.25, 0.3) is 5.91 Å². The zero-order chi connectivity index (χ0) is 15.2. The van der Waals surface area contributed by atoms with Crippen molar-refractivity contribution in [3.05, 3.63) is 35.6 Å². The van der Waals surface area contributed by atoms with E-state index in [4.69, 9.17) is 0 Å². The van der Waals surface area contributed by atoms with E-state index in [2.05, 4.69) is 17.6 Å². The van der Waals surface area contributed by atoms with Crippen LogP contribution in [0.1, 0.15) is 43.0 Å². The molecule has 0 aromatic heterocycles. The van der Waals surface area contributed by atoms with Crippen LogP contribution in [0.5, 0.6) is 0 Å². The van der Waals surface area contributed by atoms with Crippen LogP contribution in [0.2, 0.25) is 0 Å². The van der Waals surface area contributed by atoms with Crippen molar-refractivity contribution in [3.8, 4) is 0 Å². The van der Waals surface area contributed by atoms with Gasteiger partial charge >= 0.3 is 0 Å². The Kier molecular flexibility index (Phi) is 5.31. The summed E-state index contributed by atoms with van der Waals surface area (Å²) in [4.78, 5) is 23.7. The van der Waals surface area contributed by atoms with Crippen LogP contribution in [-0.4, -0.2) is 24.4 Å². The van der Waals surface area contributed by atoms with E-state index in [9.17, 15) is 14.0 Å². The summed E-state index contributed by atoms with van der Waals surface area (Å²) in [5.41, 5.74) is -0.0451. The molecule has 2 rings (SSSR count). The minimum atomic E-state index is -0.587. The Balaban J connectivity index is 1.81. The van der Waals surface area contributed by atoms with Crippen molar-refractivity contribution in [2.45, 2.75) is 38.6 Å². The van der Waals surface area contributed by atoms with E-state index in [1.54, 1.807) is 6.07 Å². The SMILES string of the molecule is C[C@H]1CCCC[C@@H]1NC(=O)CNC(=O)c1ccccc1F. The van der Waals surface area contributed by atoms with Gasteiger partial charge in [0.2, 0.25) is 5.91 Å². The van der Waals surface area contributed by atoms with E-state index in [0.29, 0.717) is 5.92 Å². The largest absolute Gasteiger partial charge is 0.352 e. The highest BCUT2D eigenvalue weighted by Crippen LogP contribution is 2.23. The molecule has 0 aliphatic heterocycles. The maximum Gasteiger partial charge on any atom is 0.254 e. The van der Waals surface area contributed by atoms with Crippen molar-refractivity contribution < 1.29 is 14.0 Å². The lowest BCUT2D eigenvalue weighted by atomic mass is 9.86. The average molecular weight is 292 g/mol. The fourth-order valence-corrected chi connectivity index (χ4v) is 2.69. The number of halogens is 1. The molecule has 1 aromatic rings. The van der Waals surface area contributed by atoms with Crippen molar-refractivity contribution in [2.75, 3.05) is 6.54 Å². The number of carbonyl (C=O) groups is 2. The summed E-state index contributed by atoms with van der Waals surface area (Å²) < 4.78 is 13.4. The van der Waals surface area contributed by atoms with Crippen LogP contribution in [0.3, 0.4) is 0 Å². The van der Waals surface area contributed by atoms with Crippen molar-refractivity contribution in [1.82, 2.24) is 10.6 Å². The predicted molar refractivity (Wildman–Crippen MR) is 78.3 cm³/mol. The van der Waals surface area contributed by atoms with Crippen molar-refractivity contribution in [3.63, 3.8) is 0 Å². The van der Waals surface area contributed by atoms with Crippen molar-refractivity contribution >= 4 is 11.8 Å². The predicted octanol–water partition coefficient (Wildman–Crippen LogP) is 2.25. The van der Waals surface area contributed by atoms with E-state index < -0.39 is 11.7 Å². The molecule has 0 spiro atoms. The van der Waals surface area contributed by atoms with E-state index in [0.717, 1.165) is 19.3 Å². The Morgan fingerprint density at radius 3 is 2.67 bits per heavy atom. The summed E-state index contributed by atoms with van der Waals surface area (Å²) in [5.74, 6) is -0.917. The minimum absolute atomic E-state index is 0.0451. The van der Waals surface area contributed by atoms with Gasteiger partial charge in [0.05, 0.1) is 12.1 Å². The highest BCUT2D eigenvalue weighted by molar-refractivity contribution is 5.96. The van der Waals surface area contributed by atoms with Crippen LogP contribution < -0.4 is 10.6 Å². The number of hydrogen-bond donors (Lipinski definition) is 2. The van der Waals surface area contributed by atoms with E-state index >= 15 is 0 Å². The van der Waals surface area contributed by atoms with Gasteiger partial charge in [-0.25, -0.2) is 4.39 Å². The molecule has 114 valence electrons. The van der Waals surface area contributed by atoms with Crippen LogP contribution >= 0.6 is 0 Å².